The summed E-state index contributed by atoms with van der Waals surface area (Å²) < 4.78 is 16.7. The lowest BCUT2D eigenvalue weighted by atomic mass is 10.1. The lowest BCUT2D eigenvalue weighted by Gasteiger charge is -2.29. The first-order valence-corrected chi connectivity index (χ1v) is 11.2. The number of aryl methyl sites for hydroxylation is 2. The van der Waals surface area contributed by atoms with Crippen LogP contribution in [0.15, 0.2) is 74.9 Å². The van der Waals surface area contributed by atoms with Crippen LogP contribution in [-0.4, -0.2) is 13.7 Å². The number of hydrogen-bond acceptors (Lipinski definition) is 4. The summed E-state index contributed by atoms with van der Waals surface area (Å²) in [5.41, 5.74) is 3.62. The van der Waals surface area contributed by atoms with Gasteiger partial charge in [-0.1, -0.05) is 41.4 Å². The molecular formula is C26H20ClN3O4. The van der Waals surface area contributed by atoms with Gasteiger partial charge in [0.1, 0.15) is 5.75 Å². The van der Waals surface area contributed by atoms with Crippen LogP contribution in [0.2, 0.25) is 5.02 Å². The topological polar surface area (TPSA) is 71.3 Å². The molecule has 7 nitrogen and oxygen atoms in total. The number of hydrogen-bond donors (Lipinski definition) is 0. The van der Waals surface area contributed by atoms with Gasteiger partial charge in [0.2, 0.25) is 0 Å². The van der Waals surface area contributed by atoms with Crippen molar-refractivity contribution in [3.05, 3.63) is 104 Å². The van der Waals surface area contributed by atoms with Crippen molar-refractivity contribution in [1.29, 1.82) is 0 Å². The van der Waals surface area contributed by atoms with Crippen LogP contribution in [-0.2, 0) is 14.1 Å². The Morgan fingerprint density at radius 2 is 1.74 bits per heavy atom. The maximum atomic E-state index is 13.6. The third-order valence-electron chi connectivity index (χ3n) is 6.39. The average molecular weight is 474 g/mol. The Bertz CT molecular complexity index is 1710. The molecule has 6 rings (SSSR count). The Labute approximate surface area is 199 Å². The molecule has 0 aliphatic carbocycles. The molecule has 0 saturated heterocycles. The van der Waals surface area contributed by atoms with E-state index in [1.54, 1.807) is 37.6 Å². The zero-order valence-corrected chi connectivity index (χ0v) is 19.5. The van der Waals surface area contributed by atoms with E-state index in [1.165, 1.54) is 11.6 Å². The van der Waals surface area contributed by atoms with Crippen LogP contribution in [0, 0.1) is 6.92 Å². The minimum absolute atomic E-state index is 0.377. The molecule has 1 aliphatic heterocycles. The molecule has 0 amide bonds. The van der Waals surface area contributed by atoms with Gasteiger partial charge in [0.25, 0.3) is 5.56 Å². The van der Waals surface area contributed by atoms with Crippen molar-refractivity contribution in [3.63, 3.8) is 0 Å². The summed E-state index contributed by atoms with van der Waals surface area (Å²) in [5, 5.41) is 0.954. The number of ether oxygens (including phenoxy) is 1. The fraction of sp³-hybridized carbons (Fsp3) is 0.154. The molecule has 0 fully saturated rings. The van der Waals surface area contributed by atoms with Gasteiger partial charge >= 0.3 is 5.69 Å². The van der Waals surface area contributed by atoms with E-state index in [4.69, 9.17) is 20.8 Å². The minimum atomic E-state index is -0.678. The van der Waals surface area contributed by atoms with Crippen molar-refractivity contribution in [2.45, 2.75) is 13.0 Å². The zero-order chi connectivity index (χ0) is 23.7. The summed E-state index contributed by atoms with van der Waals surface area (Å²) >= 11 is 6.40. The summed E-state index contributed by atoms with van der Waals surface area (Å²) in [7, 11) is 3.15. The Hall–Kier alpha value is -3.97. The fourth-order valence-corrected chi connectivity index (χ4v) is 4.92. The first-order valence-electron chi connectivity index (χ1n) is 10.8. The molecule has 4 heterocycles. The maximum Gasteiger partial charge on any atom is 0.331 e. The van der Waals surface area contributed by atoms with Crippen molar-refractivity contribution in [2.75, 3.05) is 0 Å². The van der Waals surface area contributed by atoms with E-state index in [0.717, 1.165) is 15.7 Å². The van der Waals surface area contributed by atoms with Crippen LogP contribution in [0.3, 0.4) is 0 Å². The van der Waals surface area contributed by atoms with Crippen LogP contribution in [0.4, 0.5) is 0 Å². The molecule has 0 unspecified atom stereocenters. The van der Waals surface area contributed by atoms with Gasteiger partial charge in [0.05, 0.1) is 34.2 Å². The zero-order valence-electron chi connectivity index (χ0n) is 18.7. The Morgan fingerprint density at radius 3 is 2.44 bits per heavy atom. The summed E-state index contributed by atoms with van der Waals surface area (Å²) in [6, 6.07) is 16.9. The van der Waals surface area contributed by atoms with E-state index < -0.39 is 11.8 Å². The standard InChI is InChI=1S/C26H20ClN3O4/c1-14-6-8-15(9-7-14)21-20-22(28(2)26(32)29(3)25(20)31)23-24(19-5-4-12-33-19)34-18-11-10-16(27)13-17(18)30(21)23/h4-13,24H,1-3H3/t24-/m0/s1. The van der Waals surface area contributed by atoms with Crippen molar-refractivity contribution in [2.24, 2.45) is 14.1 Å². The molecule has 0 N–H and O–H groups in total. The van der Waals surface area contributed by atoms with Crippen molar-refractivity contribution < 1.29 is 9.15 Å². The quantitative estimate of drug-likeness (QED) is 0.371. The van der Waals surface area contributed by atoms with Gasteiger partial charge in [-0.3, -0.25) is 13.9 Å². The fourth-order valence-electron chi connectivity index (χ4n) is 4.75. The largest absolute Gasteiger partial charge is 0.474 e. The predicted molar refractivity (Wildman–Crippen MR) is 130 cm³/mol. The van der Waals surface area contributed by atoms with Gasteiger partial charge < -0.3 is 13.7 Å². The summed E-state index contributed by atoms with van der Waals surface area (Å²) in [4.78, 5) is 26.6. The van der Waals surface area contributed by atoms with E-state index in [-0.39, 0.29) is 5.56 Å². The Balaban J connectivity index is 1.89. The van der Waals surface area contributed by atoms with Gasteiger partial charge in [-0.2, -0.15) is 0 Å². The van der Waals surface area contributed by atoms with Gasteiger partial charge in [0, 0.05) is 19.1 Å². The van der Waals surface area contributed by atoms with E-state index in [2.05, 4.69) is 0 Å². The smallest absolute Gasteiger partial charge is 0.331 e. The molecule has 1 aliphatic rings. The number of benzene rings is 2. The van der Waals surface area contributed by atoms with Gasteiger partial charge in [-0.05, 0) is 42.8 Å². The van der Waals surface area contributed by atoms with E-state index in [0.29, 0.717) is 44.5 Å². The molecule has 0 bridgehead atoms. The van der Waals surface area contributed by atoms with E-state index in [9.17, 15) is 9.59 Å². The number of rotatable bonds is 2. The minimum Gasteiger partial charge on any atom is -0.474 e. The van der Waals surface area contributed by atoms with E-state index in [1.807, 2.05) is 41.8 Å². The third-order valence-corrected chi connectivity index (χ3v) is 6.63. The van der Waals surface area contributed by atoms with Crippen LogP contribution in [0.1, 0.15) is 23.1 Å². The van der Waals surface area contributed by atoms with Gasteiger partial charge in [0.15, 0.2) is 11.9 Å². The molecule has 170 valence electrons. The van der Waals surface area contributed by atoms with Crippen molar-refractivity contribution in [1.82, 2.24) is 13.7 Å². The highest BCUT2D eigenvalue weighted by Gasteiger charge is 2.37. The van der Waals surface area contributed by atoms with Crippen LogP contribution in [0.5, 0.6) is 5.75 Å². The maximum absolute atomic E-state index is 13.6. The normalized spacial score (nSPS) is 14.6. The van der Waals surface area contributed by atoms with Crippen LogP contribution < -0.4 is 16.0 Å². The molecule has 2 aromatic carbocycles. The highest BCUT2D eigenvalue weighted by molar-refractivity contribution is 6.30. The highest BCUT2D eigenvalue weighted by Crippen LogP contribution is 2.47. The second kappa shape index (κ2) is 7.27. The van der Waals surface area contributed by atoms with Crippen molar-refractivity contribution in [3.8, 4) is 22.7 Å². The number of furan rings is 1. The SMILES string of the molecule is Cc1ccc(-c2c3c(=O)n(C)c(=O)n(C)c3c3n2-c2cc(Cl)ccc2O[C@H]3c2ccco2)cc1. The molecule has 3 aromatic heterocycles. The number of nitrogens with zero attached hydrogens (tertiary/aromatic N) is 3. The third kappa shape index (κ3) is 2.77. The molecular weight excluding hydrogens is 454 g/mol. The molecule has 1 atom stereocenters. The van der Waals surface area contributed by atoms with Crippen molar-refractivity contribution >= 4 is 22.5 Å². The number of aromatic nitrogens is 3. The number of halogens is 1. The summed E-state index contributed by atoms with van der Waals surface area (Å²) in [6.45, 7) is 2.01. The molecule has 0 radical (unpaired) electrons. The van der Waals surface area contributed by atoms with E-state index >= 15 is 0 Å². The van der Waals surface area contributed by atoms with Crippen LogP contribution in [0.25, 0.3) is 27.8 Å². The van der Waals surface area contributed by atoms with Crippen LogP contribution >= 0.6 is 11.6 Å². The lowest BCUT2D eigenvalue weighted by Crippen LogP contribution is -2.37. The molecule has 0 saturated carbocycles. The molecule has 34 heavy (non-hydrogen) atoms. The second-order valence-corrected chi connectivity index (χ2v) is 8.93. The first kappa shape index (κ1) is 20.6. The Kier molecular flexibility index (Phi) is 4.41. The predicted octanol–water partition coefficient (Wildman–Crippen LogP) is 4.73. The van der Waals surface area contributed by atoms with Gasteiger partial charge in [-0.15, -0.1) is 0 Å². The summed E-state index contributed by atoms with van der Waals surface area (Å²) in [5.74, 6) is 1.15. The second-order valence-electron chi connectivity index (χ2n) is 8.49. The number of fused-ring (bicyclic) bond motifs is 5. The van der Waals surface area contributed by atoms with Gasteiger partial charge in [-0.25, -0.2) is 4.79 Å². The monoisotopic (exact) mass is 473 g/mol. The summed E-state index contributed by atoms with van der Waals surface area (Å²) in [6.07, 6.45) is 0.896. The Morgan fingerprint density at radius 1 is 0.971 bits per heavy atom. The molecule has 8 heteroatoms. The molecule has 0 spiro atoms. The molecule has 5 aromatic rings. The first-order chi connectivity index (χ1) is 16.4. The average Bonchev–Trinajstić information content (AvgIpc) is 3.48. The lowest BCUT2D eigenvalue weighted by molar-refractivity contribution is 0.199. The highest BCUT2D eigenvalue weighted by atomic mass is 35.5.